The number of unbranched alkanes of at least 4 members (excludes halogenated alkanes) is 1. The zero-order chi connectivity index (χ0) is 19.4. The standard InChI is InChI=1S/C20H31N3O3S/c1-3-4-11-21(2)16-20(24)23-14-7-8-17-15-18(9-10-19(17)23)27(25,26)22-12-5-6-13-22/h9-10,15H,3-8,11-14,16H2,1-2H3. The lowest BCUT2D eigenvalue weighted by atomic mass is 10.0. The molecule has 0 aliphatic carbocycles. The molecule has 2 aliphatic rings. The van der Waals surface area contributed by atoms with Gasteiger partial charge in [0.25, 0.3) is 0 Å². The van der Waals surface area contributed by atoms with Crippen LogP contribution in [-0.4, -0.2) is 63.3 Å². The molecule has 0 spiro atoms. The lowest BCUT2D eigenvalue weighted by Gasteiger charge is -2.31. The number of aryl methyl sites for hydroxylation is 1. The topological polar surface area (TPSA) is 60.9 Å². The Morgan fingerprint density at radius 2 is 1.89 bits per heavy atom. The Morgan fingerprint density at radius 1 is 1.15 bits per heavy atom. The number of nitrogens with zero attached hydrogens (tertiary/aromatic N) is 3. The van der Waals surface area contributed by atoms with E-state index in [0.29, 0.717) is 31.1 Å². The number of sulfonamides is 1. The quantitative estimate of drug-likeness (QED) is 0.714. The first kappa shape index (κ1) is 20.3. The minimum absolute atomic E-state index is 0.0877. The van der Waals surface area contributed by atoms with Gasteiger partial charge in [-0.25, -0.2) is 8.42 Å². The number of hydrogen-bond acceptors (Lipinski definition) is 4. The highest BCUT2D eigenvalue weighted by Gasteiger charge is 2.29. The normalized spacial score (nSPS) is 18.1. The molecular weight excluding hydrogens is 362 g/mol. The molecule has 1 aromatic rings. The van der Waals surface area contributed by atoms with Gasteiger partial charge in [-0.2, -0.15) is 4.31 Å². The van der Waals surface area contributed by atoms with Gasteiger partial charge in [0, 0.05) is 25.3 Å². The van der Waals surface area contributed by atoms with Gasteiger partial charge in [0.2, 0.25) is 15.9 Å². The molecule has 0 bridgehead atoms. The number of carbonyl (C=O) groups is 1. The fourth-order valence-electron chi connectivity index (χ4n) is 3.89. The molecule has 0 N–H and O–H groups in total. The van der Waals surface area contributed by atoms with E-state index in [4.69, 9.17) is 0 Å². The maximum Gasteiger partial charge on any atom is 0.243 e. The number of fused-ring (bicyclic) bond motifs is 1. The van der Waals surface area contributed by atoms with Gasteiger partial charge in [0.05, 0.1) is 11.4 Å². The Hall–Kier alpha value is -1.44. The van der Waals surface area contributed by atoms with Crippen molar-refractivity contribution in [2.75, 3.05) is 44.7 Å². The molecule has 0 atom stereocenters. The van der Waals surface area contributed by atoms with Crippen LogP contribution < -0.4 is 4.90 Å². The van der Waals surface area contributed by atoms with Crippen LogP contribution in [0.25, 0.3) is 0 Å². The first-order chi connectivity index (χ1) is 12.9. The summed E-state index contributed by atoms with van der Waals surface area (Å²) < 4.78 is 27.2. The highest BCUT2D eigenvalue weighted by Crippen LogP contribution is 2.31. The maximum absolute atomic E-state index is 12.8. The number of hydrogen-bond donors (Lipinski definition) is 0. The van der Waals surface area contributed by atoms with Gasteiger partial charge in [-0.15, -0.1) is 0 Å². The third-order valence-electron chi connectivity index (χ3n) is 5.47. The largest absolute Gasteiger partial charge is 0.311 e. The molecule has 6 nitrogen and oxygen atoms in total. The van der Waals surface area contributed by atoms with E-state index in [-0.39, 0.29) is 5.91 Å². The second-order valence-corrected chi connectivity index (χ2v) is 9.58. The summed E-state index contributed by atoms with van der Waals surface area (Å²) in [6.45, 7) is 5.36. The summed E-state index contributed by atoms with van der Waals surface area (Å²) in [5.41, 5.74) is 1.83. The van der Waals surface area contributed by atoms with Crippen LogP contribution in [0.3, 0.4) is 0 Å². The van der Waals surface area contributed by atoms with Crippen molar-refractivity contribution in [1.82, 2.24) is 9.21 Å². The Bertz CT molecular complexity index is 773. The van der Waals surface area contributed by atoms with E-state index >= 15 is 0 Å². The van der Waals surface area contributed by atoms with Crippen molar-refractivity contribution in [3.63, 3.8) is 0 Å². The molecule has 7 heteroatoms. The molecule has 0 unspecified atom stereocenters. The van der Waals surface area contributed by atoms with Crippen LogP contribution >= 0.6 is 0 Å². The molecule has 2 heterocycles. The van der Waals surface area contributed by atoms with E-state index in [1.165, 1.54) is 0 Å². The zero-order valence-corrected chi connectivity index (χ0v) is 17.3. The molecule has 3 rings (SSSR count). The molecule has 1 fully saturated rings. The monoisotopic (exact) mass is 393 g/mol. The third kappa shape index (κ3) is 4.52. The Kier molecular flexibility index (Phi) is 6.55. The molecule has 27 heavy (non-hydrogen) atoms. The zero-order valence-electron chi connectivity index (χ0n) is 16.5. The molecule has 2 aliphatic heterocycles. The third-order valence-corrected chi connectivity index (χ3v) is 7.37. The van der Waals surface area contributed by atoms with Gasteiger partial charge >= 0.3 is 0 Å². The van der Waals surface area contributed by atoms with E-state index in [1.54, 1.807) is 16.4 Å². The molecule has 0 saturated carbocycles. The first-order valence-electron chi connectivity index (χ1n) is 10.1. The Morgan fingerprint density at radius 3 is 2.59 bits per heavy atom. The lowest BCUT2D eigenvalue weighted by Crippen LogP contribution is -2.42. The summed E-state index contributed by atoms with van der Waals surface area (Å²) in [5.74, 6) is 0.0877. The van der Waals surface area contributed by atoms with Crippen molar-refractivity contribution in [3.8, 4) is 0 Å². The number of carbonyl (C=O) groups excluding carboxylic acids is 1. The molecule has 1 saturated heterocycles. The summed E-state index contributed by atoms with van der Waals surface area (Å²) in [6, 6.07) is 5.27. The molecule has 0 radical (unpaired) electrons. The molecule has 0 aromatic heterocycles. The number of rotatable bonds is 7. The van der Waals surface area contributed by atoms with Crippen molar-refractivity contribution in [3.05, 3.63) is 23.8 Å². The lowest BCUT2D eigenvalue weighted by molar-refractivity contribution is -0.119. The summed E-state index contributed by atoms with van der Waals surface area (Å²) in [5, 5.41) is 0. The number of likely N-dealkylation sites (N-methyl/N-ethyl adjacent to an activating group) is 1. The molecule has 150 valence electrons. The predicted molar refractivity (Wildman–Crippen MR) is 108 cm³/mol. The average Bonchev–Trinajstić information content (AvgIpc) is 3.21. The van der Waals surface area contributed by atoms with Crippen LogP contribution in [0.2, 0.25) is 0 Å². The van der Waals surface area contributed by atoms with Gasteiger partial charge in [0.1, 0.15) is 0 Å². The van der Waals surface area contributed by atoms with Crippen LogP contribution in [0.1, 0.15) is 44.6 Å². The van der Waals surface area contributed by atoms with Gasteiger partial charge in [-0.05, 0) is 69.5 Å². The highest BCUT2D eigenvalue weighted by molar-refractivity contribution is 7.89. The maximum atomic E-state index is 12.8. The SMILES string of the molecule is CCCCN(C)CC(=O)N1CCCc2cc(S(=O)(=O)N3CCCC3)ccc21. The average molecular weight is 394 g/mol. The van der Waals surface area contributed by atoms with Crippen LogP contribution in [-0.2, 0) is 21.2 Å². The Balaban J connectivity index is 1.77. The van der Waals surface area contributed by atoms with Crippen molar-refractivity contribution in [2.24, 2.45) is 0 Å². The van der Waals surface area contributed by atoms with Gasteiger partial charge in [-0.1, -0.05) is 13.3 Å². The predicted octanol–water partition coefficient (Wildman–Crippen LogP) is 2.48. The molecule has 1 amide bonds. The first-order valence-corrected chi connectivity index (χ1v) is 11.5. The van der Waals surface area contributed by atoms with Crippen LogP contribution in [0.5, 0.6) is 0 Å². The summed E-state index contributed by atoms with van der Waals surface area (Å²) in [6.07, 6.45) is 5.73. The van der Waals surface area contributed by atoms with Crippen molar-refractivity contribution in [1.29, 1.82) is 0 Å². The van der Waals surface area contributed by atoms with Gasteiger partial charge in [0.15, 0.2) is 0 Å². The highest BCUT2D eigenvalue weighted by atomic mass is 32.2. The van der Waals surface area contributed by atoms with Crippen molar-refractivity contribution < 1.29 is 13.2 Å². The van der Waals surface area contributed by atoms with Crippen LogP contribution in [0.4, 0.5) is 5.69 Å². The van der Waals surface area contributed by atoms with E-state index in [0.717, 1.165) is 56.3 Å². The van der Waals surface area contributed by atoms with E-state index in [9.17, 15) is 13.2 Å². The molecule has 1 aromatic carbocycles. The number of amides is 1. The Labute approximate surface area is 163 Å². The minimum atomic E-state index is -3.42. The second-order valence-electron chi connectivity index (χ2n) is 7.64. The minimum Gasteiger partial charge on any atom is -0.311 e. The summed E-state index contributed by atoms with van der Waals surface area (Å²) in [7, 11) is -1.44. The fourth-order valence-corrected chi connectivity index (χ4v) is 5.46. The van der Waals surface area contributed by atoms with E-state index in [2.05, 4.69) is 11.8 Å². The fraction of sp³-hybridized carbons (Fsp3) is 0.650. The summed E-state index contributed by atoms with van der Waals surface area (Å²) >= 11 is 0. The van der Waals surface area contributed by atoms with E-state index < -0.39 is 10.0 Å². The van der Waals surface area contributed by atoms with Crippen LogP contribution in [0, 0.1) is 0 Å². The smallest absolute Gasteiger partial charge is 0.243 e. The number of anilines is 1. The van der Waals surface area contributed by atoms with Crippen LogP contribution in [0.15, 0.2) is 23.1 Å². The summed E-state index contributed by atoms with van der Waals surface area (Å²) in [4.78, 5) is 17.0. The van der Waals surface area contributed by atoms with Gasteiger partial charge in [-0.3, -0.25) is 9.69 Å². The number of benzene rings is 1. The van der Waals surface area contributed by atoms with Crippen molar-refractivity contribution in [2.45, 2.75) is 50.3 Å². The molecular formula is C20H31N3O3S. The van der Waals surface area contributed by atoms with E-state index in [1.807, 2.05) is 18.0 Å². The second kappa shape index (κ2) is 8.71. The van der Waals surface area contributed by atoms with Gasteiger partial charge < -0.3 is 4.90 Å². The van der Waals surface area contributed by atoms with Crippen molar-refractivity contribution >= 4 is 21.6 Å².